The lowest BCUT2D eigenvalue weighted by atomic mass is 10.1. The Morgan fingerprint density at radius 1 is 1.21 bits per heavy atom. The van der Waals surface area contributed by atoms with Gasteiger partial charge in [-0.25, -0.2) is 0 Å². The van der Waals surface area contributed by atoms with Crippen LogP contribution in [0.15, 0.2) is 36.4 Å². The summed E-state index contributed by atoms with van der Waals surface area (Å²) in [6, 6.07) is 11.8. The van der Waals surface area contributed by atoms with Crippen molar-refractivity contribution in [3.63, 3.8) is 0 Å². The van der Waals surface area contributed by atoms with Crippen molar-refractivity contribution < 1.29 is 5.11 Å². The molecular weight excluding hydrogens is 258 g/mol. The molecule has 1 aliphatic rings. The summed E-state index contributed by atoms with van der Waals surface area (Å²) in [5.41, 5.74) is 4.78. The Morgan fingerprint density at radius 3 is 2.89 bits per heavy atom. The summed E-state index contributed by atoms with van der Waals surface area (Å²) < 4.78 is 0. The number of rotatable bonds is 2. The lowest BCUT2D eigenvalue weighted by molar-refractivity contribution is 0.474. The molecule has 2 aromatic rings. The van der Waals surface area contributed by atoms with E-state index < -0.39 is 0 Å². The van der Waals surface area contributed by atoms with Gasteiger partial charge in [0.05, 0.1) is 6.04 Å². The first-order valence-electron chi connectivity index (χ1n) is 6.48. The van der Waals surface area contributed by atoms with Gasteiger partial charge in [-0.15, -0.1) is 0 Å². The smallest absolute Gasteiger partial charge is 0.115 e. The third kappa shape index (κ3) is 2.41. The van der Waals surface area contributed by atoms with Crippen LogP contribution < -0.4 is 5.32 Å². The number of benzene rings is 2. The highest BCUT2D eigenvalue weighted by Crippen LogP contribution is 2.36. The predicted molar refractivity (Wildman–Crippen MR) is 79.0 cm³/mol. The molecule has 98 valence electrons. The molecule has 2 N–H and O–H groups in total. The van der Waals surface area contributed by atoms with Gasteiger partial charge in [0.1, 0.15) is 5.75 Å². The number of aryl methyl sites for hydroxylation is 2. The van der Waals surface area contributed by atoms with E-state index in [0.717, 1.165) is 23.6 Å². The highest BCUT2D eigenvalue weighted by Gasteiger charge is 2.22. The Hall–Kier alpha value is -1.67. The average Bonchev–Trinajstić information content (AvgIpc) is 2.76. The topological polar surface area (TPSA) is 32.3 Å². The van der Waals surface area contributed by atoms with Gasteiger partial charge in [-0.1, -0.05) is 23.7 Å². The Bertz CT molecular complexity index is 624. The monoisotopic (exact) mass is 273 g/mol. The van der Waals surface area contributed by atoms with Gasteiger partial charge in [0, 0.05) is 10.7 Å². The number of anilines is 1. The quantitative estimate of drug-likeness (QED) is 0.847. The fourth-order valence-corrected chi connectivity index (χ4v) is 2.86. The van der Waals surface area contributed by atoms with Crippen molar-refractivity contribution in [2.24, 2.45) is 0 Å². The zero-order valence-corrected chi connectivity index (χ0v) is 11.5. The van der Waals surface area contributed by atoms with E-state index in [2.05, 4.69) is 12.2 Å². The third-order valence-corrected chi connectivity index (χ3v) is 3.97. The van der Waals surface area contributed by atoms with Gasteiger partial charge in [0.25, 0.3) is 0 Å². The van der Waals surface area contributed by atoms with Crippen molar-refractivity contribution in [2.75, 3.05) is 5.32 Å². The van der Waals surface area contributed by atoms with E-state index in [1.54, 1.807) is 6.07 Å². The van der Waals surface area contributed by atoms with E-state index in [1.807, 2.05) is 30.3 Å². The molecule has 0 aromatic heterocycles. The molecule has 3 rings (SSSR count). The van der Waals surface area contributed by atoms with Gasteiger partial charge < -0.3 is 10.4 Å². The molecule has 1 atom stereocenters. The maximum atomic E-state index is 9.52. The zero-order chi connectivity index (χ0) is 13.4. The van der Waals surface area contributed by atoms with Crippen molar-refractivity contribution in [3.05, 3.63) is 58.1 Å². The van der Waals surface area contributed by atoms with Crippen LogP contribution in [-0.2, 0) is 6.42 Å². The standard InChI is InChI=1S/C16H16ClNO/c1-10-2-4-12(17)9-16(10)18-15-7-3-11-8-13(19)5-6-14(11)15/h2,4-6,8-9,15,18-19H,3,7H2,1H3. The molecule has 2 nitrogen and oxygen atoms in total. The lowest BCUT2D eigenvalue weighted by Crippen LogP contribution is -2.08. The fourth-order valence-electron chi connectivity index (χ4n) is 2.69. The first-order chi connectivity index (χ1) is 9.13. The minimum absolute atomic E-state index is 0.299. The number of hydrogen-bond acceptors (Lipinski definition) is 2. The molecule has 0 heterocycles. The predicted octanol–water partition coefficient (Wildman–Crippen LogP) is 4.45. The number of nitrogens with one attached hydrogen (secondary N) is 1. The molecule has 0 aliphatic heterocycles. The third-order valence-electron chi connectivity index (χ3n) is 3.73. The molecule has 0 saturated carbocycles. The second-order valence-electron chi connectivity index (χ2n) is 5.08. The summed E-state index contributed by atoms with van der Waals surface area (Å²) in [6.45, 7) is 2.07. The summed E-state index contributed by atoms with van der Waals surface area (Å²) in [7, 11) is 0. The zero-order valence-electron chi connectivity index (χ0n) is 10.8. The van der Waals surface area contributed by atoms with Crippen LogP contribution in [0.25, 0.3) is 0 Å². The number of aromatic hydroxyl groups is 1. The number of fused-ring (bicyclic) bond motifs is 1. The minimum Gasteiger partial charge on any atom is -0.508 e. The highest BCUT2D eigenvalue weighted by atomic mass is 35.5. The number of hydrogen-bond donors (Lipinski definition) is 2. The molecule has 0 saturated heterocycles. The molecule has 1 unspecified atom stereocenters. The van der Waals surface area contributed by atoms with Gasteiger partial charge in [-0.2, -0.15) is 0 Å². The van der Waals surface area contributed by atoms with Crippen LogP contribution in [0.2, 0.25) is 5.02 Å². The van der Waals surface area contributed by atoms with Gasteiger partial charge in [-0.05, 0) is 60.7 Å². The lowest BCUT2D eigenvalue weighted by Gasteiger charge is -2.17. The summed E-state index contributed by atoms with van der Waals surface area (Å²) >= 11 is 6.05. The molecule has 2 aromatic carbocycles. The maximum Gasteiger partial charge on any atom is 0.115 e. The van der Waals surface area contributed by atoms with Crippen LogP contribution in [0.3, 0.4) is 0 Å². The Labute approximate surface area is 118 Å². The molecule has 0 spiro atoms. The van der Waals surface area contributed by atoms with Crippen LogP contribution in [0.5, 0.6) is 5.75 Å². The Balaban J connectivity index is 1.88. The number of phenols is 1. The van der Waals surface area contributed by atoms with E-state index in [1.165, 1.54) is 16.7 Å². The summed E-state index contributed by atoms with van der Waals surface area (Å²) in [5, 5.41) is 13.8. The average molecular weight is 274 g/mol. The van der Waals surface area contributed by atoms with E-state index in [9.17, 15) is 5.11 Å². The van der Waals surface area contributed by atoms with Crippen LogP contribution in [0.4, 0.5) is 5.69 Å². The summed E-state index contributed by atoms with van der Waals surface area (Å²) in [6.07, 6.45) is 2.05. The first kappa shape index (κ1) is 12.4. The second-order valence-corrected chi connectivity index (χ2v) is 5.51. The second kappa shape index (κ2) is 4.78. The summed E-state index contributed by atoms with van der Waals surface area (Å²) in [5.74, 6) is 0.346. The minimum atomic E-state index is 0.299. The Morgan fingerprint density at radius 2 is 2.05 bits per heavy atom. The van der Waals surface area contributed by atoms with Gasteiger partial charge in [-0.3, -0.25) is 0 Å². The molecule has 3 heteroatoms. The molecule has 0 radical (unpaired) electrons. The van der Waals surface area contributed by atoms with E-state index in [-0.39, 0.29) is 0 Å². The van der Waals surface area contributed by atoms with E-state index >= 15 is 0 Å². The Kier molecular flexibility index (Phi) is 3.11. The molecule has 1 aliphatic carbocycles. The highest BCUT2D eigenvalue weighted by molar-refractivity contribution is 6.30. The van der Waals surface area contributed by atoms with Gasteiger partial charge >= 0.3 is 0 Å². The summed E-state index contributed by atoms with van der Waals surface area (Å²) in [4.78, 5) is 0. The van der Waals surface area contributed by atoms with Crippen LogP contribution >= 0.6 is 11.6 Å². The van der Waals surface area contributed by atoms with Crippen LogP contribution in [0, 0.1) is 6.92 Å². The van der Waals surface area contributed by atoms with Crippen LogP contribution in [-0.4, -0.2) is 5.11 Å². The van der Waals surface area contributed by atoms with Crippen molar-refractivity contribution in [3.8, 4) is 5.75 Å². The largest absolute Gasteiger partial charge is 0.508 e. The number of phenolic OH excluding ortho intramolecular Hbond substituents is 1. The maximum absolute atomic E-state index is 9.52. The normalized spacial score (nSPS) is 17.3. The van der Waals surface area contributed by atoms with E-state index in [4.69, 9.17) is 11.6 Å². The number of halogens is 1. The van der Waals surface area contributed by atoms with Crippen molar-refractivity contribution in [1.29, 1.82) is 0 Å². The van der Waals surface area contributed by atoms with Gasteiger partial charge in [0.15, 0.2) is 0 Å². The van der Waals surface area contributed by atoms with Crippen molar-refractivity contribution in [1.82, 2.24) is 0 Å². The SMILES string of the molecule is Cc1ccc(Cl)cc1NC1CCc2cc(O)ccc21. The van der Waals surface area contributed by atoms with Crippen LogP contribution in [0.1, 0.15) is 29.2 Å². The molecule has 0 amide bonds. The fraction of sp³-hybridized carbons (Fsp3) is 0.250. The molecule has 0 bridgehead atoms. The van der Waals surface area contributed by atoms with Crippen molar-refractivity contribution >= 4 is 17.3 Å². The molecule has 0 fully saturated rings. The van der Waals surface area contributed by atoms with Gasteiger partial charge in [0.2, 0.25) is 0 Å². The first-order valence-corrected chi connectivity index (χ1v) is 6.86. The molecule has 19 heavy (non-hydrogen) atoms. The molecular formula is C16H16ClNO. The van der Waals surface area contributed by atoms with E-state index in [0.29, 0.717) is 11.8 Å². The van der Waals surface area contributed by atoms with Crippen molar-refractivity contribution in [2.45, 2.75) is 25.8 Å².